The van der Waals surface area contributed by atoms with E-state index in [0.717, 1.165) is 10.1 Å². The Bertz CT molecular complexity index is 1060. The minimum Gasteiger partial charge on any atom is -0.504 e. The predicted octanol–water partition coefficient (Wildman–Crippen LogP) is 3.15. The number of para-hydroxylation sites is 1. The molecule has 0 atom stereocenters. The van der Waals surface area contributed by atoms with E-state index in [4.69, 9.17) is 16.3 Å². The van der Waals surface area contributed by atoms with Crippen LogP contribution >= 0.6 is 22.9 Å². The van der Waals surface area contributed by atoms with Crippen LogP contribution in [-0.2, 0) is 4.79 Å². The Labute approximate surface area is 169 Å². The maximum Gasteiger partial charge on any atom is 0.263 e. The molecule has 3 rings (SSSR count). The van der Waals surface area contributed by atoms with E-state index >= 15 is 0 Å². The van der Waals surface area contributed by atoms with Gasteiger partial charge in [-0.3, -0.25) is 9.59 Å². The van der Waals surface area contributed by atoms with Gasteiger partial charge in [-0.15, -0.1) is 11.3 Å². The third kappa shape index (κ3) is 4.24. The number of ether oxygens (including phenoxy) is 1. The van der Waals surface area contributed by atoms with E-state index in [9.17, 15) is 14.7 Å². The van der Waals surface area contributed by atoms with Crippen molar-refractivity contribution in [3.8, 4) is 11.5 Å². The average Bonchev–Trinajstić information content (AvgIpc) is 3.04. The van der Waals surface area contributed by atoms with Crippen molar-refractivity contribution in [3.05, 3.63) is 57.9 Å². The highest BCUT2D eigenvalue weighted by Gasteiger charge is 2.17. The molecule has 1 aromatic heterocycles. The average molecular weight is 418 g/mol. The normalized spacial score (nSPS) is 10.9. The maximum absolute atomic E-state index is 12.3. The topological polar surface area (TPSA) is 100 Å². The summed E-state index contributed by atoms with van der Waals surface area (Å²) in [5.41, 5.74) is 2.65. The van der Waals surface area contributed by atoms with Crippen molar-refractivity contribution in [2.24, 2.45) is 5.10 Å². The molecular formula is C19H16ClN3O4S. The quantitative estimate of drug-likeness (QED) is 0.423. The Kier molecular flexibility index (Phi) is 6.13. The summed E-state index contributed by atoms with van der Waals surface area (Å²) in [5, 5.41) is 17.4. The van der Waals surface area contributed by atoms with Gasteiger partial charge in [-0.25, -0.2) is 5.43 Å². The molecule has 0 aliphatic carbocycles. The number of fused-ring (bicyclic) bond motifs is 1. The lowest BCUT2D eigenvalue weighted by atomic mass is 10.2. The van der Waals surface area contributed by atoms with Crippen molar-refractivity contribution < 1.29 is 19.4 Å². The van der Waals surface area contributed by atoms with Gasteiger partial charge in [0.05, 0.1) is 24.9 Å². The fourth-order valence-corrected chi connectivity index (χ4v) is 3.86. The Morgan fingerprint density at radius 3 is 2.79 bits per heavy atom. The van der Waals surface area contributed by atoms with Gasteiger partial charge in [0, 0.05) is 15.6 Å². The molecule has 0 unspecified atom stereocenters. The number of nitrogens with zero attached hydrogens (tertiary/aromatic N) is 1. The van der Waals surface area contributed by atoms with Crippen LogP contribution < -0.4 is 15.5 Å². The summed E-state index contributed by atoms with van der Waals surface area (Å²) in [6, 6.07) is 12.3. The number of carbonyl (C=O) groups excluding carboxylic acids is 2. The van der Waals surface area contributed by atoms with E-state index in [-0.39, 0.29) is 12.3 Å². The van der Waals surface area contributed by atoms with Crippen molar-refractivity contribution in [1.82, 2.24) is 10.7 Å². The van der Waals surface area contributed by atoms with Crippen LogP contribution in [0.2, 0.25) is 5.02 Å². The van der Waals surface area contributed by atoms with Crippen molar-refractivity contribution in [2.45, 2.75) is 0 Å². The Balaban J connectivity index is 1.57. The summed E-state index contributed by atoms with van der Waals surface area (Å²) >= 11 is 7.51. The first-order valence-corrected chi connectivity index (χ1v) is 9.33. The van der Waals surface area contributed by atoms with Gasteiger partial charge in [0.15, 0.2) is 11.5 Å². The van der Waals surface area contributed by atoms with Crippen LogP contribution in [0.4, 0.5) is 0 Å². The predicted molar refractivity (Wildman–Crippen MR) is 110 cm³/mol. The molecule has 0 saturated heterocycles. The van der Waals surface area contributed by atoms with Crippen LogP contribution in [0.25, 0.3) is 10.1 Å². The van der Waals surface area contributed by atoms with Crippen LogP contribution in [0.5, 0.6) is 11.5 Å². The van der Waals surface area contributed by atoms with E-state index in [1.807, 2.05) is 24.3 Å². The van der Waals surface area contributed by atoms with Crippen molar-refractivity contribution in [3.63, 3.8) is 0 Å². The fraction of sp³-hybridized carbons (Fsp3) is 0.105. The Hall–Kier alpha value is -3.10. The van der Waals surface area contributed by atoms with E-state index in [1.54, 1.807) is 18.2 Å². The molecule has 1 heterocycles. The second-order valence-electron chi connectivity index (χ2n) is 5.62. The van der Waals surface area contributed by atoms with Crippen LogP contribution in [0, 0.1) is 0 Å². The van der Waals surface area contributed by atoms with Gasteiger partial charge in [0.2, 0.25) is 0 Å². The lowest BCUT2D eigenvalue weighted by molar-refractivity contribution is -0.120. The maximum atomic E-state index is 12.3. The number of nitrogens with one attached hydrogen (secondary N) is 2. The first kappa shape index (κ1) is 19.7. The number of hydrazone groups is 1. The van der Waals surface area contributed by atoms with E-state index in [0.29, 0.717) is 21.2 Å². The number of halogens is 1. The summed E-state index contributed by atoms with van der Waals surface area (Å²) < 4.78 is 5.89. The molecule has 0 aliphatic rings. The highest BCUT2D eigenvalue weighted by molar-refractivity contribution is 7.21. The number of hydrogen-bond donors (Lipinski definition) is 3. The van der Waals surface area contributed by atoms with Gasteiger partial charge >= 0.3 is 0 Å². The van der Waals surface area contributed by atoms with Crippen LogP contribution in [0.3, 0.4) is 0 Å². The third-order valence-electron chi connectivity index (χ3n) is 3.79. The van der Waals surface area contributed by atoms with Crippen molar-refractivity contribution >= 4 is 51.1 Å². The van der Waals surface area contributed by atoms with E-state index in [2.05, 4.69) is 15.8 Å². The standard InChI is InChI=1S/C19H16ClN3O4S/c1-27-13-7-4-5-11(17(13)25)9-22-23-15(24)10-21-19(26)18-16(20)12-6-2-3-8-14(12)28-18/h2-9,25H,10H2,1H3,(H,21,26)(H,23,24)/b22-9+. The molecule has 0 aliphatic heterocycles. The molecule has 0 saturated carbocycles. The SMILES string of the molecule is COc1cccc(/C=N/NC(=O)CNC(=O)c2sc3ccccc3c2Cl)c1O. The van der Waals surface area contributed by atoms with Gasteiger partial charge < -0.3 is 15.2 Å². The second-order valence-corrected chi connectivity index (χ2v) is 7.05. The molecule has 0 bridgehead atoms. The largest absolute Gasteiger partial charge is 0.504 e. The molecule has 3 aromatic rings. The summed E-state index contributed by atoms with van der Waals surface area (Å²) in [4.78, 5) is 24.5. The number of carbonyl (C=O) groups is 2. The lowest BCUT2D eigenvalue weighted by Gasteiger charge is -2.05. The summed E-state index contributed by atoms with van der Waals surface area (Å²) in [6.07, 6.45) is 1.28. The molecule has 0 spiro atoms. The van der Waals surface area contributed by atoms with E-state index < -0.39 is 11.8 Å². The zero-order valence-corrected chi connectivity index (χ0v) is 16.3. The minimum atomic E-state index is -0.524. The van der Waals surface area contributed by atoms with Gasteiger partial charge in [-0.2, -0.15) is 5.10 Å². The number of hydrogen-bond acceptors (Lipinski definition) is 6. The Morgan fingerprint density at radius 1 is 1.25 bits per heavy atom. The van der Waals surface area contributed by atoms with E-state index in [1.165, 1.54) is 24.7 Å². The van der Waals surface area contributed by atoms with Gasteiger partial charge in [-0.05, 0) is 18.2 Å². The number of benzene rings is 2. The zero-order chi connectivity index (χ0) is 20.1. The number of amides is 2. The van der Waals surface area contributed by atoms with Gasteiger partial charge in [-0.1, -0.05) is 35.9 Å². The van der Waals surface area contributed by atoms with Gasteiger partial charge in [0.1, 0.15) is 4.88 Å². The summed E-state index contributed by atoms with van der Waals surface area (Å²) in [7, 11) is 1.43. The lowest BCUT2D eigenvalue weighted by Crippen LogP contribution is -2.34. The highest BCUT2D eigenvalue weighted by atomic mass is 35.5. The number of rotatable bonds is 6. The second kappa shape index (κ2) is 8.73. The monoisotopic (exact) mass is 417 g/mol. The molecule has 9 heteroatoms. The first-order chi connectivity index (χ1) is 13.5. The zero-order valence-electron chi connectivity index (χ0n) is 14.7. The molecule has 7 nitrogen and oxygen atoms in total. The number of thiophene rings is 1. The van der Waals surface area contributed by atoms with Crippen molar-refractivity contribution in [1.29, 1.82) is 0 Å². The number of aromatic hydroxyl groups is 1. The van der Waals surface area contributed by atoms with Crippen molar-refractivity contribution in [2.75, 3.05) is 13.7 Å². The number of methoxy groups -OCH3 is 1. The smallest absolute Gasteiger partial charge is 0.263 e. The van der Waals surface area contributed by atoms with Crippen LogP contribution in [-0.4, -0.2) is 36.8 Å². The summed E-state index contributed by atoms with van der Waals surface area (Å²) in [6.45, 7) is -0.273. The summed E-state index contributed by atoms with van der Waals surface area (Å²) in [5.74, 6) is -0.751. The number of phenols is 1. The third-order valence-corrected chi connectivity index (χ3v) is 5.47. The molecule has 144 valence electrons. The first-order valence-electron chi connectivity index (χ1n) is 8.14. The van der Waals surface area contributed by atoms with Crippen LogP contribution in [0.15, 0.2) is 47.6 Å². The Morgan fingerprint density at radius 2 is 2.04 bits per heavy atom. The molecule has 3 N–H and O–H groups in total. The molecule has 0 fully saturated rings. The molecule has 2 aromatic carbocycles. The minimum absolute atomic E-state index is 0.0873. The van der Waals surface area contributed by atoms with Gasteiger partial charge in [0.25, 0.3) is 11.8 Å². The fourth-order valence-electron chi connectivity index (χ4n) is 2.42. The molecule has 28 heavy (non-hydrogen) atoms. The number of phenolic OH excluding ortho intramolecular Hbond substituents is 1. The molecular weight excluding hydrogens is 402 g/mol. The molecule has 0 radical (unpaired) electrons. The highest BCUT2D eigenvalue weighted by Crippen LogP contribution is 2.34. The van der Waals surface area contributed by atoms with Crippen LogP contribution in [0.1, 0.15) is 15.2 Å². The molecule has 2 amide bonds.